The van der Waals surface area contributed by atoms with Gasteiger partial charge >= 0.3 is 0 Å². The second kappa shape index (κ2) is 2.64. The van der Waals surface area contributed by atoms with Crippen molar-refractivity contribution in [1.29, 1.82) is 0 Å². The molecule has 0 fully saturated rings. The summed E-state index contributed by atoms with van der Waals surface area (Å²) in [5.74, 6) is -0.508. The third-order valence-electron chi connectivity index (χ3n) is 0.602. The summed E-state index contributed by atoms with van der Waals surface area (Å²) >= 11 is 5.47. The highest BCUT2D eigenvalue weighted by molar-refractivity contribution is 6.30. The van der Waals surface area contributed by atoms with E-state index in [1.165, 1.54) is 0 Å². The molecule has 0 saturated heterocycles. The van der Waals surface area contributed by atoms with E-state index < -0.39 is 25.1 Å². The van der Waals surface area contributed by atoms with Gasteiger partial charge in [0, 0.05) is 6.04 Å². The van der Waals surface area contributed by atoms with Crippen LogP contribution in [0.3, 0.4) is 0 Å². The monoisotopic (exact) mass is 149 g/mol. The lowest BCUT2D eigenvalue weighted by Crippen LogP contribution is -1.88. The Hall–Kier alpha value is -0.830. The lowest BCUT2D eigenvalue weighted by Gasteiger charge is -1.93. The fourth-order valence-corrected chi connectivity index (χ4v) is 0.426. The topological polar surface area (TPSA) is 35.0 Å². The number of aromatic nitrogens is 2. The molecule has 0 spiro atoms. The predicted octanol–water partition coefficient (Wildman–Crippen LogP) is 1.14. The molecule has 0 aliphatic rings. The quantitative estimate of drug-likeness (QED) is 0.601. The molecule has 0 radical (unpaired) electrons. The first-order valence-corrected chi connectivity index (χ1v) is 2.37. The molecule has 0 unspecified atom stereocenters. The van der Waals surface area contributed by atoms with Gasteiger partial charge in [-0.3, -0.25) is 0 Å². The Kier molecular flexibility index (Phi) is 0.710. The van der Waals surface area contributed by atoms with E-state index in [1.54, 1.807) is 0 Å². The van der Waals surface area contributed by atoms with Gasteiger partial charge in [-0.25, -0.2) is 0 Å². The molecule has 0 N–H and O–H groups in total. The average molecular weight is 150 g/mol. The van der Waals surface area contributed by atoms with Crippen molar-refractivity contribution < 1.29 is 11.6 Å². The zero-order chi connectivity index (χ0) is 10.9. The van der Waals surface area contributed by atoms with E-state index in [0.717, 1.165) is 0 Å². The van der Waals surface area contributed by atoms with Gasteiger partial charge in [0.1, 0.15) is 0 Å². The Bertz CT molecular complexity index is 355. The van der Waals surface area contributed by atoms with Crippen LogP contribution in [0, 0.1) is 0 Å². The number of ether oxygens (including phenoxy) is 1. The summed E-state index contributed by atoms with van der Waals surface area (Å²) in [4.78, 5) is 0. The molecule has 48 valence electrons. The largest absolute Gasteiger partial charge is 0.480 e. The van der Waals surface area contributed by atoms with Crippen LogP contribution < -0.4 is 4.74 Å². The molecule has 0 saturated carbocycles. The normalized spacial score (nSPS) is 18.6. The number of hydrogen-bond acceptors (Lipinski definition) is 3. The van der Waals surface area contributed by atoms with Crippen LogP contribution in [0.1, 0.15) is 6.85 Å². The van der Waals surface area contributed by atoms with Gasteiger partial charge in [-0.15, -0.1) is 5.10 Å². The molecule has 0 aliphatic carbocycles. The SMILES string of the molecule is [2H]c1nnc(OC([2H])([2H])[2H])c([2H])c1Cl. The van der Waals surface area contributed by atoms with E-state index in [2.05, 4.69) is 14.9 Å². The molecule has 1 rings (SSSR count). The highest BCUT2D eigenvalue weighted by atomic mass is 35.5. The van der Waals surface area contributed by atoms with E-state index in [9.17, 15) is 0 Å². The summed E-state index contributed by atoms with van der Waals surface area (Å²) < 4.78 is 39.0. The van der Waals surface area contributed by atoms with Crippen LogP contribution in [-0.2, 0) is 0 Å². The lowest BCUT2D eigenvalue weighted by molar-refractivity contribution is 0.392. The Balaban J connectivity index is 3.06. The average Bonchev–Trinajstić information content (AvgIpc) is 2.04. The van der Waals surface area contributed by atoms with Gasteiger partial charge in [-0.05, 0) is 0 Å². The second-order valence-electron chi connectivity index (χ2n) is 1.16. The van der Waals surface area contributed by atoms with E-state index in [-0.39, 0.29) is 5.02 Å². The van der Waals surface area contributed by atoms with E-state index >= 15 is 0 Å². The standard InChI is InChI=1S/C5H5ClN2O/c1-9-5-2-4(6)3-7-8-5/h2-3H,1H3/i1D3,2D,3D. The van der Waals surface area contributed by atoms with E-state index in [1.807, 2.05) is 0 Å². The maximum absolute atomic E-state index is 7.29. The summed E-state index contributed by atoms with van der Waals surface area (Å²) in [6.07, 6.45) is -0.394. The fourth-order valence-electron chi connectivity index (χ4n) is 0.307. The predicted molar refractivity (Wildman–Crippen MR) is 33.6 cm³/mol. The first kappa shape index (κ1) is 2.42. The van der Waals surface area contributed by atoms with Crippen LogP contribution >= 0.6 is 11.6 Å². The van der Waals surface area contributed by atoms with Gasteiger partial charge < -0.3 is 4.74 Å². The molecular formula is C5H5ClN2O. The number of rotatable bonds is 1. The van der Waals surface area contributed by atoms with Gasteiger partial charge in [0.2, 0.25) is 5.88 Å². The van der Waals surface area contributed by atoms with Crippen molar-refractivity contribution in [1.82, 2.24) is 10.2 Å². The van der Waals surface area contributed by atoms with Crippen LogP contribution in [-0.4, -0.2) is 17.2 Å². The van der Waals surface area contributed by atoms with E-state index in [0.29, 0.717) is 0 Å². The Labute approximate surface area is 64.6 Å². The van der Waals surface area contributed by atoms with Crippen molar-refractivity contribution in [2.45, 2.75) is 0 Å². The molecule has 1 heterocycles. The van der Waals surface area contributed by atoms with Crippen molar-refractivity contribution in [3.8, 4) is 5.88 Å². The van der Waals surface area contributed by atoms with Crippen LogP contribution in [0.5, 0.6) is 5.88 Å². The molecule has 0 aliphatic heterocycles. The number of methoxy groups -OCH3 is 1. The van der Waals surface area contributed by atoms with Crippen LogP contribution in [0.15, 0.2) is 12.2 Å². The maximum Gasteiger partial charge on any atom is 0.234 e. The number of halogens is 1. The first-order chi connectivity index (χ1) is 6.31. The van der Waals surface area contributed by atoms with Crippen molar-refractivity contribution >= 4 is 11.6 Å². The van der Waals surface area contributed by atoms with Gasteiger partial charge in [0.15, 0.2) is 0 Å². The second-order valence-corrected chi connectivity index (χ2v) is 1.54. The molecule has 3 nitrogen and oxygen atoms in total. The molecule has 0 atom stereocenters. The zero-order valence-electron chi connectivity index (χ0n) is 9.18. The van der Waals surface area contributed by atoms with E-state index in [4.69, 9.17) is 18.5 Å². The fraction of sp³-hybridized carbons (Fsp3) is 0.200. The molecule has 4 heteroatoms. The van der Waals surface area contributed by atoms with Crippen molar-refractivity contribution in [3.05, 3.63) is 17.2 Å². The highest BCUT2D eigenvalue weighted by Crippen LogP contribution is 2.10. The summed E-state index contributed by atoms with van der Waals surface area (Å²) in [6, 6.07) is -0.456. The van der Waals surface area contributed by atoms with Crippen molar-refractivity contribution in [2.24, 2.45) is 0 Å². The lowest BCUT2D eigenvalue weighted by atomic mass is 10.6. The Morgan fingerprint density at radius 1 is 2.00 bits per heavy atom. The van der Waals surface area contributed by atoms with Gasteiger partial charge in [-0.2, -0.15) is 5.10 Å². The summed E-state index contributed by atoms with van der Waals surface area (Å²) in [5, 5.41) is 6.15. The summed E-state index contributed by atoms with van der Waals surface area (Å²) in [7, 11) is -2.71. The Morgan fingerprint density at radius 3 is 3.67 bits per heavy atom. The molecular weight excluding hydrogens is 140 g/mol. The van der Waals surface area contributed by atoms with Crippen LogP contribution in [0.25, 0.3) is 0 Å². The molecule has 0 aromatic carbocycles. The third kappa shape index (κ3) is 1.54. The minimum absolute atomic E-state index is 0.292. The summed E-state index contributed by atoms with van der Waals surface area (Å²) in [5.41, 5.74) is 0. The Morgan fingerprint density at radius 2 is 2.89 bits per heavy atom. The zero-order valence-corrected chi connectivity index (χ0v) is 4.94. The molecule has 0 bridgehead atoms. The minimum atomic E-state index is -2.71. The molecule has 0 amide bonds. The summed E-state index contributed by atoms with van der Waals surface area (Å²) in [6.45, 7) is 0. The van der Waals surface area contributed by atoms with Crippen LogP contribution in [0.4, 0.5) is 0 Å². The molecule has 1 aromatic heterocycles. The van der Waals surface area contributed by atoms with Gasteiger partial charge in [-0.1, -0.05) is 11.6 Å². The minimum Gasteiger partial charge on any atom is -0.480 e. The van der Waals surface area contributed by atoms with Gasteiger partial charge in [0.25, 0.3) is 0 Å². The number of nitrogens with zero attached hydrogens (tertiary/aromatic N) is 2. The first-order valence-electron chi connectivity index (χ1n) is 4.49. The van der Waals surface area contributed by atoms with Crippen molar-refractivity contribution in [3.63, 3.8) is 0 Å². The van der Waals surface area contributed by atoms with Crippen LogP contribution in [0.2, 0.25) is 5.02 Å². The van der Waals surface area contributed by atoms with Gasteiger partial charge in [0.05, 0.1) is 25.1 Å². The number of hydrogen-bond donors (Lipinski definition) is 0. The third-order valence-corrected chi connectivity index (χ3v) is 0.781. The molecule has 1 aromatic rings. The smallest absolute Gasteiger partial charge is 0.234 e. The maximum atomic E-state index is 7.29. The molecule has 9 heavy (non-hydrogen) atoms. The highest BCUT2D eigenvalue weighted by Gasteiger charge is 1.91. The van der Waals surface area contributed by atoms with Crippen molar-refractivity contribution in [2.75, 3.05) is 7.04 Å².